The molecule has 0 saturated carbocycles. The zero-order valence-electron chi connectivity index (χ0n) is 12.9. The van der Waals surface area contributed by atoms with Gasteiger partial charge in [0.1, 0.15) is 0 Å². The highest BCUT2D eigenvalue weighted by molar-refractivity contribution is 8.01. The number of nitriles is 1. The van der Waals surface area contributed by atoms with E-state index in [0.717, 1.165) is 5.75 Å². The molecule has 0 spiro atoms. The van der Waals surface area contributed by atoms with Crippen molar-refractivity contribution in [3.8, 4) is 6.07 Å². The van der Waals surface area contributed by atoms with Crippen molar-refractivity contribution in [1.82, 2.24) is 0 Å². The number of rotatable bonds is 6. The smallest absolute Gasteiger partial charge is 0.0991 e. The number of thioether (sulfide) groups is 1. The SMILES string of the molecule is COC/C(=C\SCc1ccc(C#N)cc1)c1cccc(C)c1. The Morgan fingerprint density at radius 3 is 2.64 bits per heavy atom. The van der Waals surface area contributed by atoms with E-state index in [9.17, 15) is 0 Å². The molecule has 0 bridgehead atoms. The first kappa shape index (κ1) is 16.4. The molecular weight excluding hydrogens is 290 g/mol. The van der Waals surface area contributed by atoms with Gasteiger partial charge in [-0.3, -0.25) is 0 Å². The molecule has 2 aromatic rings. The predicted molar refractivity (Wildman–Crippen MR) is 93.5 cm³/mol. The number of ether oxygens (including phenoxy) is 1. The average molecular weight is 309 g/mol. The number of nitrogens with zero attached hydrogens (tertiary/aromatic N) is 1. The Kier molecular flexibility index (Phi) is 6.27. The molecule has 0 aliphatic heterocycles. The van der Waals surface area contributed by atoms with E-state index in [1.54, 1.807) is 18.9 Å². The lowest BCUT2D eigenvalue weighted by molar-refractivity contribution is 0.240. The van der Waals surface area contributed by atoms with Crippen LogP contribution in [0.4, 0.5) is 0 Å². The van der Waals surface area contributed by atoms with Crippen LogP contribution in [0.15, 0.2) is 53.9 Å². The summed E-state index contributed by atoms with van der Waals surface area (Å²) in [6.45, 7) is 2.70. The normalized spacial score (nSPS) is 11.2. The summed E-state index contributed by atoms with van der Waals surface area (Å²) in [6, 6.07) is 18.3. The first-order chi connectivity index (χ1) is 10.7. The van der Waals surface area contributed by atoms with Crippen molar-refractivity contribution in [2.75, 3.05) is 13.7 Å². The molecule has 0 heterocycles. The highest BCUT2D eigenvalue weighted by Gasteiger charge is 2.02. The lowest BCUT2D eigenvalue weighted by Crippen LogP contribution is -1.94. The van der Waals surface area contributed by atoms with Crippen LogP contribution in [-0.2, 0) is 10.5 Å². The number of hydrogen-bond acceptors (Lipinski definition) is 3. The van der Waals surface area contributed by atoms with Crippen molar-refractivity contribution in [2.45, 2.75) is 12.7 Å². The maximum absolute atomic E-state index is 8.81. The summed E-state index contributed by atoms with van der Waals surface area (Å²) in [5.41, 5.74) is 5.54. The topological polar surface area (TPSA) is 33.0 Å². The van der Waals surface area contributed by atoms with Gasteiger partial charge in [0.2, 0.25) is 0 Å². The third kappa shape index (κ3) is 4.77. The van der Waals surface area contributed by atoms with Crippen LogP contribution in [-0.4, -0.2) is 13.7 Å². The molecule has 0 unspecified atom stereocenters. The second-order valence-electron chi connectivity index (χ2n) is 5.07. The molecular formula is C19H19NOS. The third-order valence-electron chi connectivity index (χ3n) is 3.25. The van der Waals surface area contributed by atoms with E-state index in [-0.39, 0.29) is 0 Å². The molecule has 112 valence electrons. The highest BCUT2D eigenvalue weighted by Crippen LogP contribution is 2.22. The maximum Gasteiger partial charge on any atom is 0.0991 e. The van der Waals surface area contributed by atoms with Crippen LogP contribution in [0.25, 0.3) is 5.57 Å². The second-order valence-corrected chi connectivity index (χ2v) is 5.92. The lowest BCUT2D eigenvalue weighted by Gasteiger charge is -2.08. The summed E-state index contributed by atoms with van der Waals surface area (Å²) < 4.78 is 5.31. The van der Waals surface area contributed by atoms with Gasteiger partial charge in [-0.2, -0.15) is 5.26 Å². The quantitative estimate of drug-likeness (QED) is 0.769. The van der Waals surface area contributed by atoms with E-state index in [1.807, 2.05) is 24.3 Å². The molecule has 0 radical (unpaired) electrons. The average Bonchev–Trinajstić information content (AvgIpc) is 2.54. The van der Waals surface area contributed by atoms with Gasteiger partial charge in [-0.25, -0.2) is 0 Å². The minimum Gasteiger partial charge on any atom is -0.380 e. The molecule has 0 atom stereocenters. The first-order valence-corrected chi connectivity index (χ1v) is 8.13. The van der Waals surface area contributed by atoms with E-state index < -0.39 is 0 Å². The molecule has 0 saturated heterocycles. The largest absolute Gasteiger partial charge is 0.380 e. The minimum atomic E-state index is 0.601. The van der Waals surface area contributed by atoms with Crippen LogP contribution >= 0.6 is 11.8 Å². The summed E-state index contributed by atoms with van der Waals surface area (Å²) in [4.78, 5) is 0. The Bertz CT molecular complexity index is 683. The monoisotopic (exact) mass is 309 g/mol. The van der Waals surface area contributed by atoms with Gasteiger partial charge in [0.25, 0.3) is 0 Å². The summed E-state index contributed by atoms with van der Waals surface area (Å²) in [5.74, 6) is 0.880. The van der Waals surface area contributed by atoms with E-state index in [0.29, 0.717) is 12.2 Å². The number of hydrogen-bond donors (Lipinski definition) is 0. The second kappa shape index (κ2) is 8.43. The molecule has 3 heteroatoms. The van der Waals surface area contributed by atoms with Gasteiger partial charge in [0.15, 0.2) is 0 Å². The van der Waals surface area contributed by atoms with Gasteiger partial charge in [0, 0.05) is 12.9 Å². The third-order valence-corrected chi connectivity index (χ3v) is 4.20. The Hall–Kier alpha value is -2.02. The van der Waals surface area contributed by atoms with Crippen molar-refractivity contribution in [3.05, 3.63) is 76.2 Å². The van der Waals surface area contributed by atoms with Crippen LogP contribution in [0.3, 0.4) is 0 Å². The van der Waals surface area contributed by atoms with Gasteiger partial charge >= 0.3 is 0 Å². The van der Waals surface area contributed by atoms with E-state index in [1.165, 1.54) is 22.3 Å². The number of methoxy groups -OCH3 is 1. The Labute approximate surface area is 136 Å². The minimum absolute atomic E-state index is 0.601. The molecule has 0 aromatic heterocycles. The molecule has 2 aromatic carbocycles. The van der Waals surface area contributed by atoms with Crippen LogP contribution in [0.1, 0.15) is 22.3 Å². The van der Waals surface area contributed by atoms with Gasteiger partial charge < -0.3 is 4.74 Å². The standard InChI is InChI=1S/C19H19NOS/c1-15-4-3-5-18(10-15)19(12-21-2)14-22-13-17-8-6-16(11-20)7-9-17/h3-10,14H,12-13H2,1-2H3/b19-14+. The molecule has 0 aliphatic rings. The van der Waals surface area contributed by atoms with Gasteiger partial charge in [-0.15, -0.1) is 11.8 Å². The fourth-order valence-electron chi connectivity index (χ4n) is 2.10. The Morgan fingerprint density at radius 2 is 2.00 bits per heavy atom. The number of aryl methyl sites for hydroxylation is 1. The van der Waals surface area contributed by atoms with Crippen LogP contribution < -0.4 is 0 Å². The molecule has 2 rings (SSSR count). The fourth-order valence-corrected chi connectivity index (χ4v) is 2.97. The zero-order valence-corrected chi connectivity index (χ0v) is 13.7. The molecule has 0 N–H and O–H groups in total. The van der Waals surface area contributed by atoms with Gasteiger partial charge in [-0.1, -0.05) is 42.0 Å². The van der Waals surface area contributed by atoms with E-state index >= 15 is 0 Å². The molecule has 0 amide bonds. The Balaban J connectivity index is 2.05. The highest BCUT2D eigenvalue weighted by atomic mass is 32.2. The number of benzene rings is 2. The molecule has 0 aliphatic carbocycles. The van der Waals surface area contributed by atoms with Crippen molar-refractivity contribution in [2.24, 2.45) is 0 Å². The van der Waals surface area contributed by atoms with Crippen molar-refractivity contribution in [1.29, 1.82) is 5.26 Å². The van der Waals surface area contributed by atoms with Crippen molar-refractivity contribution >= 4 is 17.3 Å². The molecule has 2 nitrogen and oxygen atoms in total. The van der Waals surface area contributed by atoms with Crippen LogP contribution in [0.2, 0.25) is 0 Å². The van der Waals surface area contributed by atoms with E-state index in [4.69, 9.17) is 10.00 Å². The summed E-state index contributed by atoms with van der Waals surface area (Å²) in [6.07, 6.45) is 0. The van der Waals surface area contributed by atoms with Crippen LogP contribution in [0.5, 0.6) is 0 Å². The fraction of sp³-hybridized carbons (Fsp3) is 0.211. The zero-order chi connectivity index (χ0) is 15.8. The van der Waals surface area contributed by atoms with Crippen molar-refractivity contribution < 1.29 is 4.74 Å². The lowest BCUT2D eigenvalue weighted by atomic mass is 10.1. The molecule has 22 heavy (non-hydrogen) atoms. The Morgan fingerprint density at radius 1 is 1.23 bits per heavy atom. The van der Waals surface area contributed by atoms with E-state index in [2.05, 4.69) is 42.7 Å². The molecule has 0 fully saturated rings. The first-order valence-electron chi connectivity index (χ1n) is 7.08. The van der Waals surface area contributed by atoms with Gasteiger partial charge in [0.05, 0.1) is 18.2 Å². The summed E-state index contributed by atoms with van der Waals surface area (Å²) >= 11 is 1.74. The van der Waals surface area contributed by atoms with Crippen molar-refractivity contribution in [3.63, 3.8) is 0 Å². The maximum atomic E-state index is 8.81. The van der Waals surface area contributed by atoms with Crippen LogP contribution in [0, 0.1) is 18.3 Å². The predicted octanol–water partition coefficient (Wildman–Crippen LogP) is 4.79. The summed E-state index contributed by atoms with van der Waals surface area (Å²) in [7, 11) is 1.72. The van der Waals surface area contributed by atoms with Gasteiger partial charge in [-0.05, 0) is 41.2 Å². The summed E-state index contributed by atoms with van der Waals surface area (Å²) in [5, 5.41) is 11.0.